The Morgan fingerprint density at radius 1 is 0.466 bits per heavy atom. The van der Waals surface area contributed by atoms with Crippen LogP contribution in [0.1, 0.15) is 271 Å². The monoisotopic (exact) mass is 818 g/mol. The molecule has 0 aliphatic heterocycles. The molecule has 1 amide bonds. The predicted octanol–water partition coefficient (Wildman–Crippen LogP) is 15.1. The normalized spacial score (nSPS) is 12.8. The van der Waals surface area contributed by atoms with Crippen molar-refractivity contribution in [1.29, 1.82) is 0 Å². The van der Waals surface area contributed by atoms with Gasteiger partial charge in [-0.1, -0.05) is 224 Å². The van der Waals surface area contributed by atoms with Gasteiger partial charge in [0.15, 0.2) is 0 Å². The zero-order valence-electron chi connectivity index (χ0n) is 38.8. The maximum atomic E-state index is 12.4. The molecule has 0 saturated carbocycles. The molecule has 6 nitrogen and oxygen atoms in total. The van der Waals surface area contributed by atoms with Gasteiger partial charge in [0, 0.05) is 12.8 Å². The molecular formula is C52H99NO5. The third kappa shape index (κ3) is 43.9. The van der Waals surface area contributed by atoms with Crippen molar-refractivity contribution in [1.82, 2.24) is 5.32 Å². The Labute approximate surface area is 361 Å². The number of rotatable bonds is 47. The van der Waals surface area contributed by atoms with Crippen molar-refractivity contribution in [2.75, 3.05) is 13.2 Å². The van der Waals surface area contributed by atoms with Crippen molar-refractivity contribution in [2.45, 2.75) is 283 Å². The van der Waals surface area contributed by atoms with Gasteiger partial charge in [0.2, 0.25) is 5.91 Å². The van der Waals surface area contributed by atoms with E-state index in [0.29, 0.717) is 19.4 Å². The van der Waals surface area contributed by atoms with Gasteiger partial charge < -0.3 is 20.3 Å². The Morgan fingerprint density at radius 3 is 1.24 bits per heavy atom. The van der Waals surface area contributed by atoms with Gasteiger partial charge in [-0.15, -0.1) is 0 Å². The first-order valence-corrected chi connectivity index (χ1v) is 25.6. The van der Waals surface area contributed by atoms with Gasteiger partial charge in [-0.05, 0) is 57.8 Å². The molecule has 342 valence electrons. The second-order valence-electron chi connectivity index (χ2n) is 17.5. The van der Waals surface area contributed by atoms with Crippen molar-refractivity contribution in [3.05, 3.63) is 24.3 Å². The van der Waals surface area contributed by atoms with Crippen LogP contribution in [0.25, 0.3) is 0 Å². The number of aliphatic hydroxyl groups is 2. The quantitative estimate of drug-likeness (QED) is 0.0323. The zero-order chi connectivity index (χ0) is 42.3. The molecule has 0 aliphatic carbocycles. The second-order valence-corrected chi connectivity index (χ2v) is 17.5. The maximum absolute atomic E-state index is 12.4. The van der Waals surface area contributed by atoms with E-state index in [4.69, 9.17) is 4.74 Å². The molecule has 0 aliphatic rings. The summed E-state index contributed by atoms with van der Waals surface area (Å²) in [7, 11) is 0. The fourth-order valence-corrected chi connectivity index (χ4v) is 7.74. The third-order valence-electron chi connectivity index (χ3n) is 11.7. The lowest BCUT2D eigenvalue weighted by Gasteiger charge is -2.19. The average Bonchev–Trinajstić information content (AvgIpc) is 3.22. The van der Waals surface area contributed by atoms with E-state index in [2.05, 4.69) is 31.3 Å². The number of ether oxygens (including phenoxy) is 1. The minimum atomic E-state index is -0.860. The lowest BCUT2D eigenvalue weighted by molar-refractivity contribution is -0.143. The fraction of sp³-hybridized carbons (Fsp3) is 0.885. The summed E-state index contributed by atoms with van der Waals surface area (Å²) in [6, 6.07) is -0.646. The summed E-state index contributed by atoms with van der Waals surface area (Å²) >= 11 is 0. The number of allylic oxidation sites excluding steroid dienone is 3. The SMILES string of the molecule is CCCCCCCCCCCCC/C=C/C(O)C(CO)NC(=O)CCCCC/C=C\CCCCCCCCOC(=O)CCCCCCCCCCCCCCCCC. The molecule has 0 aromatic carbocycles. The molecule has 3 N–H and O–H groups in total. The minimum Gasteiger partial charge on any atom is -0.466 e. The largest absolute Gasteiger partial charge is 0.466 e. The van der Waals surface area contributed by atoms with Crippen molar-refractivity contribution < 1.29 is 24.5 Å². The maximum Gasteiger partial charge on any atom is 0.305 e. The van der Waals surface area contributed by atoms with Gasteiger partial charge in [0.05, 0.1) is 25.4 Å². The molecule has 0 radical (unpaired) electrons. The smallest absolute Gasteiger partial charge is 0.305 e. The van der Waals surface area contributed by atoms with Gasteiger partial charge in [-0.25, -0.2) is 0 Å². The summed E-state index contributed by atoms with van der Waals surface area (Å²) in [5, 5.41) is 23.0. The molecule has 0 rings (SSSR count). The van der Waals surface area contributed by atoms with E-state index < -0.39 is 12.1 Å². The summed E-state index contributed by atoms with van der Waals surface area (Å²) in [5.74, 6) is -0.110. The molecule has 0 aromatic rings. The first-order chi connectivity index (χ1) is 28.5. The first-order valence-electron chi connectivity index (χ1n) is 25.6. The Hall–Kier alpha value is -1.66. The molecular weight excluding hydrogens is 719 g/mol. The number of hydrogen-bond acceptors (Lipinski definition) is 5. The van der Waals surface area contributed by atoms with E-state index in [-0.39, 0.29) is 18.5 Å². The number of hydrogen-bond donors (Lipinski definition) is 3. The number of nitrogens with one attached hydrogen (secondary N) is 1. The molecule has 58 heavy (non-hydrogen) atoms. The number of carbonyl (C=O) groups excluding carboxylic acids is 2. The van der Waals surface area contributed by atoms with Gasteiger partial charge in [0.25, 0.3) is 0 Å². The van der Waals surface area contributed by atoms with Crippen molar-refractivity contribution in [2.24, 2.45) is 0 Å². The standard InChI is InChI=1S/C52H99NO5/c1-3-5-7-9-11-13-15-17-18-22-26-30-34-38-42-46-52(57)58-47-43-39-35-31-27-23-19-21-25-29-33-37-41-45-51(56)53-49(48-54)50(55)44-40-36-32-28-24-20-16-14-12-10-8-6-4-2/h21,25,40,44,49-50,54-55H,3-20,22-24,26-39,41-43,45-48H2,1-2H3,(H,53,56)/b25-21-,44-40+. The van der Waals surface area contributed by atoms with Crippen LogP contribution >= 0.6 is 0 Å². The van der Waals surface area contributed by atoms with E-state index >= 15 is 0 Å². The highest BCUT2D eigenvalue weighted by molar-refractivity contribution is 5.76. The number of aliphatic hydroxyl groups excluding tert-OH is 2. The summed E-state index contributed by atoms with van der Waals surface area (Å²) in [6.45, 7) is 4.86. The van der Waals surface area contributed by atoms with Crippen LogP contribution in [0.2, 0.25) is 0 Å². The highest BCUT2D eigenvalue weighted by Gasteiger charge is 2.18. The van der Waals surface area contributed by atoms with Crippen molar-refractivity contribution >= 4 is 11.9 Å². The van der Waals surface area contributed by atoms with Gasteiger partial charge in [-0.2, -0.15) is 0 Å². The molecule has 2 unspecified atom stereocenters. The Bertz CT molecular complexity index is 904. The molecule has 0 spiro atoms. The lowest BCUT2D eigenvalue weighted by Crippen LogP contribution is -2.45. The first kappa shape index (κ1) is 56.3. The van der Waals surface area contributed by atoms with Crippen LogP contribution in [-0.4, -0.2) is 47.4 Å². The molecule has 0 saturated heterocycles. The summed E-state index contributed by atoms with van der Waals surface area (Å²) < 4.78 is 5.46. The molecule has 0 bridgehead atoms. The third-order valence-corrected chi connectivity index (χ3v) is 11.7. The van der Waals surface area contributed by atoms with Crippen LogP contribution < -0.4 is 5.32 Å². The highest BCUT2D eigenvalue weighted by Crippen LogP contribution is 2.16. The van der Waals surface area contributed by atoms with E-state index in [9.17, 15) is 19.8 Å². The number of amides is 1. The molecule has 6 heteroatoms. The van der Waals surface area contributed by atoms with Crippen molar-refractivity contribution in [3.63, 3.8) is 0 Å². The van der Waals surface area contributed by atoms with Crippen LogP contribution in [-0.2, 0) is 14.3 Å². The van der Waals surface area contributed by atoms with Crippen LogP contribution in [0.5, 0.6) is 0 Å². The summed E-state index contributed by atoms with van der Waals surface area (Å²) in [6.07, 6.45) is 56.0. The van der Waals surface area contributed by atoms with Gasteiger partial charge in [0.1, 0.15) is 0 Å². The molecule has 0 aromatic heterocycles. The Balaban J connectivity index is 3.51. The molecule has 0 fully saturated rings. The topological polar surface area (TPSA) is 95.9 Å². The zero-order valence-corrected chi connectivity index (χ0v) is 38.8. The highest BCUT2D eigenvalue weighted by atomic mass is 16.5. The Kier molecular flexibility index (Phi) is 46.6. The van der Waals surface area contributed by atoms with Gasteiger partial charge in [-0.3, -0.25) is 9.59 Å². The minimum absolute atomic E-state index is 0.0116. The fourth-order valence-electron chi connectivity index (χ4n) is 7.74. The van der Waals surface area contributed by atoms with Crippen LogP contribution in [0, 0.1) is 0 Å². The van der Waals surface area contributed by atoms with E-state index in [0.717, 1.165) is 70.6 Å². The second kappa shape index (κ2) is 48.0. The lowest BCUT2D eigenvalue weighted by atomic mass is 10.0. The van der Waals surface area contributed by atoms with Crippen LogP contribution in [0.4, 0.5) is 0 Å². The predicted molar refractivity (Wildman–Crippen MR) is 250 cm³/mol. The summed E-state index contributed by atoms with van der Waals surface area (Å²) in [5.41, 5.74) is 0. The average molecular weight is 818 g/mol. The van der Waals surface area contributed by atoms with Crippen LogP contribution in [0.15, 0.2) is 24.3 Å². The van der Waals surface area contributed by atoms with E-state index in [1.807, 2.05) is 6.08 Å². The van der Waals surface area contributed by atoms with E-state index in [1.54, 1.807) is 6.08 Å². The molecule has 2 atom stereocenters. The van der Waals surface area contributed by atoms with Gasteiger partial charge >= 0.3 is 5.97 Å². The Morgan fingerprint density at radius 2 is 0.810 bits per heavy atom. The molecule has 0 heterocycles. The van der Waals surface area contributed by atoms with E-state index in [1.165, 1.54) is 173 Å². The number of carbonyl (C=O) groups is 2. The summed E-state index contributed by atoms with van der Waals surface area (Å²) in [4.78, 5) is 24.4. The van der Waals surface area contributed by atoms with Crippen molar-refractivity contribution in [3.8, 4) is 0 Å². The van der Waals surface area contributed by atoms with Crippen LogP contribution in [0.3, 0.4) is 0 Å². The number of esters is 1. The number of unbranched alkanes of at least 4 members (excludes halogenated alkanes) is 34.